The summed E-state index contributed by atoms with van der Waals surface area (Å²) in [5.41, 5.74) is 14.1. The number of nitrogens with two attached hydrogens (primary N) is 2. The fourth-order valence-corrected chi connectivity index (χ4v) is 6.58. The number of ketones is 1. The van der Waals surface area contributed by atoms with Gasteiger partial charge in [0, 0.05) is 30.8 Å². The van der Waals surface area contributed by atoms with Gasteiger partial charge < -0.3 is 16.4 Å². The number of guanidine groups is 1. The molecule has 1 saturated carbocycles. The van der Waals surface area contributed by atoms with Gasteiger partial charge in [-0.25, -0.2) is 4.99 Å². The average Bonchev–Trinajstić information content (AvgIpc) is 3.24. The Kier molecular flexibility index (Phi) is 8.53. The van der Waals surface area contributed by atoms with Crippen molar-refractivity contribution >= 4 is 23.7 Å². The number of piperidine rings is 1. The second kappa shape index (κ2) is 11.6. The molecular weight excluding hydrogens is 448 g/mol. The highest BCUT2D eigenvalue weighted by atomic mass is 16.2. The Bertz CT molecular complexity index is 982. The molecule has 196 valence electrons. The lowest BCUT2D eigenvalue weighted by Crippen LogP contribution is -2.47. The van der Waals surface area contributed by atoms with Gasteiger partial charge in [0.05, 0.1) is 0 Å². The summed E-state index contributed by atoms with van der Waals surface area (Å²) < 4.78 is 0. The molecule has 6 heteroatoms. The van der Waals surface area contributed by atoms with Gasteiger partial charge in [0.2, 0.25) is 5.91 Å². The Morgan fingerprint density at radius 1 is 1.11 bits per heavy atom. The summed E-state index contributed by atoms with van der Waals surface area (Å²) >= 11 is 0. The van der Waals surface area contributed by atoms with Crippen LogP contribution in [-0.4, -0.2) is 41.7 Å². The van der Waals surface area contributed by atoms with Crippen LogP contribution in [0.2, 0.25) is 0 Å². The number of amides is 1. The van der Waals surface area contributed by atoms with Gasteiger partial charge in [-0.05, 0) is 42.2 Å². The van der Waals surface area contributed by atoms with Crippen LogP contribution >= 0.6 is 0 Å². The van der Waals surface area contributed by atoms with E-state index in [2.05, 4.69) is 55.3 Å². The van der Waals surface area contributed by atoms with Crippen molar-refractivity contribution in [1.29, 1.82) is 0 Å². The Labute approximate surface area is 216 Å². The van der Waals surface area contributed by atoms with Crippen LogP contribution in [0.1, 0.15) is 89.2 Å². The minimum Gasteiger partial charge on any atom is -0.370 e. The van der Waals surface area contributed by atoms with Crippen molar-refractivity contribution < 1.29 is 9.59 Å². The molecule has 2 fully saturated rings. The second-order valence-electron chi connectivity index (χ2n) is 11.4. The summed E-state index contributed by atoms with van der Waals surface area (Å²) in [4.78, 5) is 33.6. The zero-order valence-electron chi connectivity index (χ0n) is 22.1. The maximum atomic E-state index is 13.8. The zero-order valence-corrected chi connectivity index (χ0v) is 22.1. The second-order valence-corrected chi connectivity index (χ2v) is 11.4. The maximum Gasteiger partial charge on any atom is 0.226 e. The van der Waals surface area contributed by atoms with E-state index in [1.807, 2.05) is 4.90 Å². The van der Waals surface area contributed by atoms with Crippen LogP contribution in [0.4, 0.5) is 0 Å². The summed E-state index contributed by atoms with van der Waals surface area (Å²) in [6.45, 7) is 5.63. The minimum absolute atomic E-state index is 0.00811. The number of Topliss-reactive ketones (excluding diaryl/α,β-unsaturated/α-hetero) is 1. The summed E-state index contributed by atoms with van der Waals surface area (Å²) in [7, 11) is 0. The van der Waals surface area contributed by atoms with E-state index in [0.29, 0.717) is 12.3 Å². The van der Waals surface area contributed by atoms with Crippen LogP contribution in [0.15, 0.2) is 35.3 Å². The van der Waals surface area contributed by atoms with Gasteiger partial charge >= 0.3 is 0 Å². The van der Waals surface area contributed by atoms with E-state index >= 15 is 0 Å². The smallest absolute Gasteiger partial charge is 0.226 e. The molecule has 4 rings (SSSR count). The molecule has 1 heterocycles. The first-order chi connectivity index (χ1) is 17.3. The highest BCUT2D eigenvalue weighted by Gasteiger charge is 2.41. The molecule has 4 N–H and O–H groups in total. The standard InChI is InChI=1S/C30H44N4O2/c1-3-21(2)24(20-27(35)26(33-29(31)32)19-22-9-5-4-6-10-22)28(36)34-17-15-30(16-18-34)14-13-23-11-7-8-12-25(23)30/h7-8,11-14,21-22,24,26H,3-6,9-10,15-20H2,1-2H3,(H4,31,32,33)/t21-,24+,26-/m0/s1. The van der Waals surface area contributed by atoms with Crippen LogP contribution in [0, 0.1) is 17.8 Å². The molecule has 3 atom stereocenters. The van der Waals surface area contributed by atoms with Gasteiger partial charge in [0.1, 0.15) is 6.04 Å². The molecule has 0 aromatic heterocycles. The monoisotopic (exact) mass is 492 g/mol. The number of aliphatic imine (C=N–C) groups is 1. The Morgan fingerprint density at radius 2 is 1.81 bits per heavy atom. The lowest BCUT2D eigenvalue weighted by atomic mass is 9.74. The Balaban J connectivity index is 1.43. The number of carbonyl (C=O) groups is 2. The normalized spacial score (nSPS) is 21.6. The molecule has 0 unspecified atom stereocenters. The van der Waals surface area contributed by atoms with Crippen molar-refractivity contribution in [2.45, 2.75) is 89.5 Å². The summed E-state index contributed by atoms with van der Waals surface area (Å²) in [5, 5.41) is 0. The molecule has 36 heavy (non-hydrogen) atoms. The number of likely N-dealkylation sites (tertiary alicyclic amines) is 1. The number of carbonyl (C=O) groups excluding carboxylic acids is 2. The fourth-order valence-electron chi connectivity index (χ4n) is 6.58. The average molecular weight is 493 g/mol. The van der Waals surface area contributed by atoms with Crippen molar-refractivity contribution in [3.8, 4) is 0 Å². The molecule has 1 aromatic rings. The first kappa shape index (κ1) is 26.4. The lowest BCUT2D eigenvalue weighted by molar-refractivity contribution is -0.141. The van der Waals surface area contributed by atoms with Gasteiger partial charge in [-0.15, -0.1) is 0 Å². The molecule has 0 radical (unpaired) electrons. The van der Waals surface area contributed by atoms with Crippen LogP contribution in [0.3, 0.4) is 0 Å². The van der Waals surface area contributed by atoms with Crippen LogP contribution in [0.25, 0.3) is 6.08 Å². The molecule has 1 aliphatic heterocycles. The minimum atomic E-state index is -0.540. The third-order valence-electron chi connectivity index (χ3n) is 9.07. The van der Waals surface area contributed by atoms with Crippen molar-refractivity contribution in [2.24, 2.45) is 34.2 Å². The number of hydrogen-bond acceptors (Lipinski definition) is 3. The number of allylic oxidation sites excluding steroid dienone is 1. The first-order valence-corrected chi connectivity index (χ1v) is 14.0. The maximum absolute atomic E-state index is 13.8. The van der Waals surface area contributed by atoms with E-state index < -0.39 is 6.04 Å². The molecule has 1 aromatic carbocycles. The fraction of sp³-hybridized carbons (Fsp3) is 0.633. The van der Waals surface area contributed by atoms with Crippen molar-refractivity contribution in [1.82, 2.24) is 4.90 Å². The Hall–Kier alpha value is -2.63. The molecule has 1 spiro atoms. The van der Waals surface area contributed by atoms with Crippen molar-refractivity contribution in [3.63, 3.8) is 0 Å². The Morgan fingerprint density at radius 3 is 2.47 bits per heavy atom. The van der Waals surface area contributed by atoms with E-state index in [1.165, 1.54) is 30.4 Å². The lowest BCUT2D eigenvalue weighted by Gasteiger charge is -2.41. The van der Waals surface area contributed by atoms with Gasteiger partial charge in [0.15, 0.2) is 11.7 Å². The van der Waals surface area contributed by atoms with Crippen LogP contribution in [0.5, 0.6) is 0 Å². The quantitative estimate of drug-likeness (QED) is 0.381. The van der Waals surface area contributed by atoms with E-state index in [0.717, 1.165) is 45.2 Å². The number of rotatable bonds is 9. The highest BCUT2D eigenvalue weighted by molar-refractivity contribution is 5.91. The predicted molar refractivity (Wildman–Crippen MR) is 146 cm³/mol. The van der Waals surface area contributed by atoms with Crippen molar-refractivity contribution in [3.05, 3.63) is 41.5 Å². The number of hydrogen-bond donors (Lipinski definition) is 2. The number of fused-ring (bicyclic) bond motifs is 2. The number of nitrogens with zero attached hydrogens (tertiary/aromatic N) is 2. The summed E-state index contributed by atoms with van der Waals surface area (Å²) in [6, 6.07) is 8.04. The van der Waals surface area contributed by atoms with Gasteiger partial charge in [0.25, 0.3) is 0 Å². The first-order valence-electron chi connectivity index (χ1n) is 14.0. The largest absolute Gasteiger partial charge is 0.370 e. The third-order valence-corrected chi connectivity index (χ3v) is 9.07. The van der Waals surface area contributed by atoms with Gasteiger partial charge in [-0.1, -0.05) is 88.8 Å². The van der Waals surface area contributed by atoms with Crippen LogP contribution in [-0.2, 0) is 15.0 Å². The molecule has 6 nitrogen and oxygen atoms in total. The highest BCUT2D eigenvalue weighted by Crippen LogP contribution is 2.44. The van der Waals surface area contributed by atoms with Crippen molar-refractivity contribution in [2.75, 3.05) is 13.1 Å². The van der Waals surface area contributed by atoms with E-state index in [9.17, 15) is 9.59 Å². The summed E-state index contributed by atoms with van der Waals surface area (Å²) in [5.74, 6) is 0.360. The molecule has 3 aliphatic rings. The van der Waals surface area contributed by atoms with E-state index in [-0.39, 0.29) is 41.3 Å². The molecule has 0 bridgehead atoms. The van der Waals surface area contributed by atoms with Gasteiger partial charge in [-0.2, -0.15) is 0 Å². The SMILES string of the molecule is CC[C@H](C)[C@@H](CC(=O)[C@H](CC1CCCCC1)N=C(N)N)C(=O)N1CCC2(C=Cc3ccccc32)CC1. The molecule has 1 amide bonds. The topological polar surface area (TPSA) is 102 Å². The predicted octanol–water partition coefficient (Wildman–Crippen LogP) is 4.81. The third kappa shape index (κ3) is 5.84. The van der Waals surface area contributed by atoms with E-state index in [4.69, 9.17) is 11.5 Å². The summed E-state index contributed by atoms with van der Waals surface area (Å²) in [6.07, 6.45) is 14.1. The number of benzene rings is 1. The van der Waals surface area contributed by atoms with Gasteiger partial charge in [-0.3, -0.25) is 9.59 Å². The molecule has 2 aliphatic carbocycles. The molecule has 1 saturated heterocycles. The van der Waals surface area contributed by atoms with E-state index in [1.54, 1.807) is 0 Å². The van der Waals surface area contributed by atoms with Crippen LogP contribution < -0.4 is 11.5 Å². The molecular formula is C30H44N4O2. The zero-order chi connectivity index (χ0) is 25.7.